The first-order valence-electron chi connectivity index (χ1n) is 12.9. The number of nitrogens with one attached hydrogen (secondary N) is 2. The second-order valence-electron chi connectivity index (χ2n) is 10.2. The SMILES string of the molecule is Cc1c(NCCN2CCCC2)cc(Cl)cc1N1CCN(c2ncnc3n[nH]c(CC(C)C)c23)CC1. The molecule has 2 N–H and O–H groups in total. The van der Waals surface area contributed by atoms with Gasteiger partial charge in [-0.15, -0.1) is 0 Å². The maximum atomic E-state index is 6.57. The minimum atomic E-state index is 0.535. The molecule has 2 fully saturated rings. The standard InChI is InChI=1S/C26H37ClN8/c1-18(2)14-22-24-25(32-31-22)29-17-30-26(24)35-12-10-34(11-13-35)23-16-20(27)15-21(19(23)3)28-6-9-33-7-4-5-8-33/h15-18,28H,4-14H2,1-3H3,(H,29,30,31,32). The molecule has 0 aliphatic carbocycles. The van der Waals surface area contributed by atoms with Crippen LogP contribution in [-0.2, 0) is 6.42 Å². The van der Waals surface area contributed by atoms with Gasteiger partial charge >= 0.3 is 0 Å². The van der Waals surface area contributed by atoms with Gasteiger partial charge in [0.05, 0.1) is 5.39 Å². The Morgan fingerprint density at radius 3 is 2.51 bits per heavy atom. The van der Waals surface area contributed by atoms with Crippen molar-refractivity contribution in [2.75, 3.05) is 67.5 Å². The lowest BCUT2D eigenvalue weighted by atomic mass is 10.1. The summed E-state index contributed by atoms with van der Waals surface area (Å²) in [6.07, 6.45) is 5.22. The molecule has 35 heavy (non-hydrogen) atoms. The van der Waals surface area contributed by atoms with E-state index in [-0.39, 0.29) is 0 Å². The predicted molar refractivity (Wildman–Crippen MR) is 145 cm³/mol. The first kappa shape index (κ1) is 24.1. The average molecular weight is 497 g/mol. The summed E-state index contributed by atoms with van der Waals surface area (Å²) in [5.41, 5.74) is 5.51. The lowest BCUT2D eigenvalue weighted by Gasteiger charge is -2.38. The van der Waals surface area contributed by atoms with E-state index < -0.39 is 0 Å². The molecule has 0 bridgehead atoms. The summed E-state index contributed by atoms with van der Waals surface area (Å²) >= 11 is 6.57. The van der Waals surface area contributed by atoms with Gasteiger partial charge in [-0.25, -0.2) is 9.97 Å². The molecule has 5 rings (SSSR count). The van der Waals surface area contributed by atoms with Crippen LogP contribution in [0.4, 0.5) is 17.2 Å². The maximum Gasteiger partial charge on any atom is 0.186 e. The molecule has 0 saturated carbocycles. The summed E-state index contributed by atoms with van der Waals surface area (Å²) < 4.78 is 0. The van der Waals surface area contributed by atoms with Crippen molar-refractivity contribution in [2.24, 2.45) is 5.92 Å². The van der Waals surface area contributed by atoms with Crippen LogP contribution in [0.2, 0.25) is 5.02 Å². The number of aromatic nitrogens is 4. The molecule has 2 saturated heterocycles. The van der Waals surface area contributed by atoms with Crippen LogP contribution in [-0.4, -0.2) is 77.4 Å². The Hall–Kier alpha value is -2.58. The van der Waals surface area contributed by atoms with E-state index in [1.54, 1.807) is 6.33 Å². The Morgan fingerprint density at radius 2 is 1.77 bits per heavy atom. The molecule has 0 unspecified atom stereocenters. The molecule has 1 aromatic carbocycles. The fourth-order valence-electron chi connectivity index (χ4n) is 5.38. The van der Waals surface area contributed by atoms with E-state index >= 15 is 0 Å². The molecule has 2 aliphatic heterocycles. The van der Waals surface area contributed by atoms with Gasteiger partial charge in [0, 0.05) is 61.4 Å². The summed E-state index contributed by atoms with van der Waals surface area (Å²) in [4.78, 5) is 16.4. The van der Waals surface area contributed by atoms with Crippen LogP contribution in [0.25, 0.3) is 11.0 Å². The van der Waals surface area contributed by atoms with Gasteiger partial charge in [-0.2, -0.15) is 5.10 Å². The molecule has 8 nitrogen and oxygen atoms in total. The van der Waals surface area contributed by atoms with Gasteiger partial charge in [0.1, 0.15) is 12.1 Å². The van der Waals surface area contributed by atoms with Gasteiger partial charge in [0.15, 0.2) is 5.65 Å². The predicted octanol–water partition coefficient (Wildman–Crippen LogP) is 4.35. The van der Waals surface area contributed by atoms with E-state index in [9.17, 15) is 0 Å². The van der Waals surface area contributed by atoms with Crippen molar-refractivity contribution in [3.05, 3.63) is 34.7 Å². The van der Waals surface area contributed by atoms with Crippen molar-refractivity contribution in [1.29, 1.82) is 0 Å². The van der Waals surface area contributed by atoms with Gasteiger partial charge in [-0.05, 0) is 62.9 Å². The molecule has 0 radical (unpaired) electrons. The first-order chi connectivity index (χ1) is 17.0. The van der Waals surface area contributed by atoms with Gasteiger partial charge < -0.3 is 20.0 Å². The summed E-state index contributed by atoms with van der Waals surface area (Å²) in [6.45, 7) is 14.7. The number of hydrogen-bond donors (Lipinski definition) is 2. The van der Waals surface area contributed by atoms with Gasteiger partial charge in [-0.1, -0.05) is 25.4 Å². The number of benzene rings is 1. The van der Waals surface area contributed by atoms with Crippen molar-refractivity contribution in [3.8, 4) is 0 Å². The summed E-state index contributed by atoms with van der Waals surface area (Å²) in [6, 6.07) is 4.17. The quantitative estimate of drug-likeness (QED) is 0.480. The normalized spacial score (nSPS) is 17.2. The first-order valence-corrected chi connectivity index (χ1v) is 13.3. The molecule has 4 heterocycles. The molecule has 188 valence electrons. The number of aromatic amines is 1. The second-order valence-corrected chi connectivity index (χ2v) is 10.7. The second kappa shape index (κ2) is 10.6. The monoisotopic (exact) mass is 496 g/mol. The molecule has 2 aliphatic rings. The third-order valence-corrected chi connectivity index (χ3v) is 7.44. The number of halogens is 1. The molecule has 0 atom stereocenters. The van der Waals surface area contributed by atoms with Gasteiger partial charge in [0.2, 0.25) is 0 Å². The van der Waals surface area contributed by atoms with Crippen LogP contribution in [0.3, 0.4) is 0 Å². The van der Waals surface area contributed by atoms with E-state index in [1.807, 2.05) is 0 Å². The third-order valence-electron chi connectivity index (χ3n) is 7.23. The largest absolute Gasteiger partial charge is 0.383 e. The number of rotatable bonds is 8. The third kappa shape index (κ3) is 5.33. The summed E-state index contributed by atoms with van der Waals surface area (Å²) in [5, 5.41) is 13.1. The molecular formula is C26H37ClN8. The van der Waals surface area contributed by atoms with Crippen LogP contribution in [0, 0.1) is 12.8 Å². The highest BCUT2D eigenvalue weighted by Crippen LogP contribution is 2.33. The maximum absolute atomic E-state index is 6.57. The zero-order valence-corrected chi connectivity index (χ0v) is 21.9. The number of hydrogen-bond acceptors (Lipinski definition) is 7. The van der Waals surface area contributed by atoms with Crippen molar-refractivity contribution < 1.29 is 0 Å². The van der Waals surface area contributed by atoms with Crippen LogP contribution in [0.1, 0.15) is 37.9 Å². The zero-order chi connectivity index (χ0) is 24.4. The number of anilines is 3. The van der Waals surface area contributed by atoms with Gasteiger partial charge in [0.25, 0.3) is 0 Å². The summed E-state index contributed by atoms with van der Waals surface area (Å²) in [5.74, 6) is 1.53. The fourth-order valence-corrected chi connectivity index (χ4v) is 5.60. The van der Waals surface area contributed by atoms with E-state index in [1.165, 1.54) is 37.2 Å². The van der Waals surface area contributed by atoms with Crippen molar-refractivity contribution in [3.63, 3.8) is 0 Å². The van der Waals surface area contributed by atoms with Crippen molar-refractivity contribution in [1.82, 2.24) is 25.1 Å². The highest BCUT2D eigenvalue weighted by molar-refractivity contribution is 6.31. The minimum Gasteiger partial charge on any atom is -0.383 e. The number of likely N-dealkylation sites (tertiary alicyclic amines) is 1. The van der Waals surface area contributed by atoms with Crippen LogP contribution < -0.4 is 15.1 Å². The molecule has 2 aromatic heterocycles. The van der Waals surface area contributed by atoms with Crippen LogP contribution in [0.15, 0.2) is 18.5 Å². The number of H-pyrrole nitrogens is 1. The van der Waals surface area contributed by atoms with E-state index in [0.29, 0.717) is 5.92 Å². The van der Waals surface area contributed by atoms with Crippen molar-refractivity contribution >= 4 is 39.8 Å². The number of nitrogens with zero attached hydrogens (tertiary/aromatic N) is 6. The Bertz CT molecular complexity index is 1150. The zero-order valence-electron chi connectivity index (χ0n) is 21.1. The Labute approximate surface area is 213 Å². The smallest absolute Gasteiger partial charge is 0.186 e. The fraction of sp³-hybridized carbons (Fsp3) is 0.577. The molecule has 3 aromatic rings. The van der Waals surface area contributed by atoms with E-state index in [4.69, 9.17) is 11.6 Å². The molecule has 0 spiro atoms. The van der Waals surface area contributed by atoms with E-state index in [2.05, 4.69) is 73.1 Å². The number of fused-ring (bicyclic) bond motifs is 1. The van der Waals surface area contributed by atoms with Crippen LogP contribution in [0.5, 0.6) is 0 Å². The Balaban J connectivity index is 1.28. The van der Waals surface area contributed by atoms with Gasteiger partial charge in [-0.3, -0.25) is 5.10 Å². The lowest BCUT2D eigenvalue weighted by Crippen LogP contribution is -2.47. The summed E-state index contributed by atoms with van der Waals surface area (Å²) in [7, 11) is 0. The Morgan fingerprint density at radius 1 is 1.03 bits per heavy atom. The van der Waals surface area contributed by atoms with E-state index in [0.717, 1.165) is 78.9 Å². The lowest BCUT2D eigenvalue weighted by molar-refractivity contribution is 0.352. The topological polar surface area (TPSA) is 76.2 Å². The van der Waals surface area contributed by atoms with Crippen molar-refractivity contribution in [2.45, 2.75) is 40.0 Å². The molecular weight excluding hydrogens is 460 g/mol. The molecule has 0 amide bonds. The highest BCUT2D eigenvalue weighted by Gasteiger charge is 2.24. The Kier molecular flexibility index (Phi) is 7.29. The minimum absolute atomic E-state index is 0.535. The highest BCUT2D eigenvalue weighted by atomic mass is 35.5. The molecule has 9 heteroatoms. The van der Waals surface area contributed by atoms with Crippen LogP contribution >= 0.6 is 11.6 Å². The average Bonchev–Trinajstić information content (AvgIpc) is 3.51. The number of piperazine rings is 1.